The highest BCUT2D eigenvalue weighted by atomic mass is 35.5. The van der Waals surface area contributed by atoms with Crippen LogP contribution >= 0.6 is 23.4 Å². The molecule has 1 aliphatic heterocycles. The third-order valence-corrected chi connectivity index (χ3v) is 8.68. The van der Waals surface area contributed by atoms with Gasteiger partial charge >= 0.3 is 5.97 Å². The molecule has 0 unspecified atom stereocenters. The summed E-state index contributed by atoms with van der Waals surface area (Å²) in [5.74, 6) is 1.74. The van der Waals surface area contributed by atoms with Gasteiger partial charge < -0.3 is 19.7 Å². The van der Waals surface area contributed by atoms with E-state index in [1.54, 1.807) is 0 Å². The van der Waals surface area contributed by atoms with Crippen molar-refractivity contribution < 1.29 is 14.6 Å². The van der Waals surface area contributed by atoms with Gasteiger partial charge in [0, 0.05) is 35.8 Å². The fourth-order valence-electron chi connectivity index (χ4n) is 5.04. The first kappa shape index (κ1) is 24.3. The van der Waals surface area contributed by atoms with Crippen LogP contribution in [0.15, 0.2) is 30.3 Å². The summed E-state index contributed by atoms with van der Waals surface area (Å²) in [4.78, 5) is 26.5. The number of imidazole rings is 1. The zero-order valence-corrected chi connectivity index (χ0v) is 21.7. The number of ether oxygens (including phenoxy) is 1. The smallest absolute Gasteiger partial charge is 0.309 e. The minimum Gasteiger partial charge on any atom is -0.481 e. The molecule has 2 N–H and O–H groups in total. The summed E-state index contributed by atoms with van der Waals surface area (Å²) in [7, 11) is 0. The molecule has 3 aromatic rings. The van der Waals surface area contributed by atoms with E-state index in [-0.39, 0.29) is 12.0 Å². The van der Waals surface area contributed by atoms with Crippen molar-refractivity contribution >= 4 is 46.2 Å². The summed E-state index contributed by atoms with van der Waals surface area (Å²) in [6.07, 6.45) is 3.27. The standard InChI is InChI=1S/C26H31ClN4O3S/c1-26(2,24(32)33)17-5-9-19(10-6-17)34-25-28-21-15-20(27)22(29-23(21)30-25)16-3-7-18(8-4-16)31-11-13-35-14-12-31/h3-4,7-8,15,17,19H,5-6,9-14H2,1-2H3,(H,32,33)(H,28,29,30). The Kier molecular flexibility index (Phi) is 6.86. The molecule has 0 spiro atoms. The first-order valence-corrected chi connectivity index (χ1v) is 13.7. The van der Waals surface area contributed by atoms with E-state index in [1.165, 1.54) is 5.69 Å². The SMILES string of the molecule is CC(C)(C(=O)O)C1CCC(Oc2nc3nc(-c4ccc(N5CCSCC5)cc4)c(Cl)cc3[nH]2)CC1. The number of nitrogens with zero attached hydrogens (tertiary/aromatic N) is 3. The van der Waals surface area contributed by atoms with Gasteiger partial charge in [-0.15, -0.1) is 0 Å². The lowest BCUT2D eigenvalue weighted by Gasteiger charge is -2.36. The van der Waals surface area contributed by atoms with Crippen molar-refractivity contribution in [3.8, 4) is 17.3 Å². The van der Waals surface area contributed by atoms with Gasteiger partial charge in [-0.25, -0.2) is 4.98 Å². The molecule has 1 saturated heterocycles. The second kappa shape index (κ2) is 9.90. The number of aliphatic carboxylic acids is 1. The second-order valence-corrected chi connectivity index (χ2v) is 11.6. The Labute approximate surface area is 214 Å². The van der Waals surface area contributed by atoms with E-state index < -0.39 is 11.4 Å². The summed E-state index contributed by atoms with van der Waals surface area (Å²) < 4.78 is 6.13. The number of hydrogen-bond acceptors (Lipinski definition) is 6. The Bertz CT molecular complexity index is 1200. The van der Waals surface area contributed by atoms with Crippen molar-refractivity contribution in [3.05, 3.63) is 35.4 Å². The van der Waals surface area contributed by atoms with Gasteiger partial charge in [-0.05, 0) is 63.6 Å². The molecule has 2 aromatic heterocycles. The molecule has 0 atom stereocenters. The van der Waals surface area contributed by atoms with Crippen LogP contribution in [0.4, 0.5) is 5.69 Å². The molecule has 35 heavy (non-hydrogen) atoms. The molecular formula is C26H31ClN4O3S. The Hall–Kier alpha value is -2.45. The van der Waals surface area contributed by atoms with Crippen molar-refractivity contribution in [2.45, 2.75) is 45.6 Å². The maximum absolute atomic E-state index is 11.6. The number of hydrogen-bond donors (Lipinski definition) is 2. The molecule has 2 aliphatic rings. The van der Waals surface area contributed by atoms with Crippen LogP contribution in [0.5, 0.6) is 6.01 Å². The number of nitrogens with one attached hydrogen (secondary N) is 1. The van der Waals surface area contributed by atoms with Crippen LogP contribution in [0.3, 0.4) is 0 Å². The van der Waals surface area contributed by atoms with Crippen LogP contribution in [-0.4, -0.2) is 56.7 Å². The van der Waals surface area contributed by atoms with Crippen LogP contribution < -0.4 is 9.64 Å². The number of aromatic nitrogens is 3. The molecule has 1 aliphatic carbocycles. The molecular weight excluding hydrogens is 484 g/mol. The molecule has 0 radical (unpaired) electrons. The number of halogens is 1. The predicted octanol–water partition coefficient (Wildman–Crippen LogP) is 5.88. The number of aromatic amines is 1. The number of H-pyrrole nitrogens is 1. The Morgan fingerprint density at radius 3 is 2.49 bits per heavy atom. The molecule has 1 aromatic carbocycles. The van der Waals surface area contributed by atoms with Gasteiger partial charge in [-0.2, -0.15) is 16.7 Å². The number of thioether (sulfide) groups is 1. The van der Waals surface area contributed by atoms with Crippen molar-refractivity contribution in [1.82, 2.24) is 15.0 Å². The van der Waals surface area contributed by atoms with E-state index in [0.717, 1.165) is 61.4 Å². The van der Waals surface area contributed by atoms with Gasteiger partial charge in [0.25, 0.3) is 6.01 Å². The van der Waals surface area contributed by atoms with Crippen LogP contribution in [0.25, 0.3) is 22.4 Å². The summed E-state index contributed by atoms with van der Waals surface area (Å²) in [5.41, 5.74) is 3.47. The highest BCUT2D eigenvalue weighted by molar-refractivity contribution is 7.99. The molecule has 1 saturated carbocycles. The number of carbonyl (C=O) groups is 1. The third-order valence-electron chi connectivity index (χ3n) is 7.45. The van der Waals surface area contributed by atoms with E-state index in [9.17, 15) is 9.90 Å². The zero-order valence-electron chi connectivity index (χ0n) is 20.1. The van der Waals surface area contributed by atoms with Crippen LogP contribution in [0, 0.1) is 11.3 Å². The topological polar surface area (TPSA) is 91.3 Å². The van der Waals surface area contributed by atoms with E-state index in [1.807, 2.05) is 31.7 Å². The summed E-state index contributed by atoms with van der Waals surface area (Å²) in [6.45, 7) is 5.77. The van der Waals surface area contributed by atoms with Crippen LogP contribution in [0.2, 0.25) is 5.02 Å². The first-order chi connectivity index (χ1) is 16.8. The van der Waals surface area contributed by atoms with Crippen LogP contribution in [0.1, 0.15) is 39.5 Å². The van der Waals surface area contributed by atoms with E-state index in [2.05, 4.69) is 39.1 Å². The van der Waals surface area contributed by atoms with Crippen molar-refractivity contribution in [1.29, 1.82) is 0 Å². The van der Waals surface area contributed by atoms with Crippen molar-refractivity contribution in [2.24, 2.45) is 11.3 Å². The van der Waals surface area contributed by atoms with E-state index in [0.29, 0.717) is 22.4 Å². The molecule has 186 valence electrons. The molecule has 0 amide bonds. The van der Waals surface area contributed by atoms with Gasteiger partial charge in [-0.3, -0.25) is 4.79 Å². The lowest BCUT2D eigenvalue weighted by molar-refractivity contribution is -0.151. The number of rotatable bonds is 6. The molecule has 9 heteroatoms. The van der Waals surface area contributed by atoms with Gasteiger partial charge in [0.2, 0.25) is 0 Å². The summed E-state index contributed by atoms with van der Waals surface area (Å²) in [6, 6.07) is 10.7. The van der Waals surface area contributed by atoms with Crippen molar-refractivity contribution in [2.75, 3.05) is 29.5 Å². The van der Waals surface area contributed by atoms with Crippen LogP contribution in [-0.2, 0) is 4.79 Å². The fourth-order valence-corrected chi connectivity index (χ4v) is 6.20. The Balaban J connectivity index is 1.28. The zero-order chi connectivity index (χ0) is 24.6. The minimum atomic E-state index is -0.738. The number of pyridine rings is 1. The molecule has 3 heterocycles. The largest absolute Gasteiger partial charge is 0.481 e. The predicted molar refractivity (Wildman–Crippen MR) is 142 cm³/mol. The number of carboxylic acid groups (broad SMARTS) is 1. The highest BCUT2D eigenvalue weighted by Crippen LogP contribution is 2.39. The molecule has 5 rings (SSSR count). The maximum atomic E-state index is 11.6. The van der Waals surface area contributed by atoms with E-state index >= 15 is 0 Å². The molecule has 7 nitrogen and oxygen atoms in total. The average Bonchev–Trinajstić information content (AvgIpc) is 3.25. The summed E-state index contributed by atoms with van der Waals surface area (Å²) in [5, 5.41) is 10.1. The third kappa shape index (κ3) is 5.09. The quantitative estimate of drug-likeness (QED) is 0.424. The van der Waals surface area contributed by atoms with Gasteiger partial charge in [-0.1, -0.05) is 23.7 Å². The lowest BCUT2D eigenvalue weighted by Crippen LogP contribution is -2.37. The average molecular weight is 515 g/mol. The van der Waals surface area contributed by atoms with Gasteiger partial charge in [0.15, 0.2) is 5.65 Å². The lowest BCUT2D eigenvalue weighted by atomic mass is 9.70. The van der Waals surface area contributed by atoms with Crippen molar-refractivity contribution in [3.63, 3.8) is 0 Å². The second-order valence-electron chi connectivity index (χ2n) is 10.00. The molecule has 0 bridgehead atoms. The van der Waals surface area contributed by atoms with Gasteiger partial charge in [0.1, 0.15) is 6.10 Å². The fraction of sp³-hybridized carbons (Fsp3) is 0.500. The summed E-state index contributed by atoms with van der Waals surface area (Å²) >= 11 is 8.60. The normalized spacial score (nSPS) is 21.3. The number of carboxylic acids is 1. The number of benzene rings is 1. The van der Waals surface area contributed by atoms with Gasteiger partial charge in [0.05, 0.1) is 21.6 Å². The van der Waals surface area contributed by atoms with E-state index in [4.69, 9.17) is 21.3 Å². The molecule has 2 fully saturated rings. The minimum absolute atomic E-state index is 0.00656. The Morgan fingerprint density at radius 1 is 1.14 bits per heavy atom. The first-order valence-electron chi connectivity index (χ1n) is 12.2. The monoisotopic (exact) mass is 514 g/mol. The highest BCUT2D eigenvalue weighted by Gasteiger charge is 2.39. The Morgan fingerprint density at radius 2 is 1.83 bits per heavy atom. The maximum Gasteiger partial charge on any atom is 0.309 e. The number of anilines is 1. The number of fused-ring (bicyclic) bond motifs is 1.